The first-order valence-electron chi connectivity index (χ1n) is 8.40. The van der Waals surface area contributed by atoms with Gasteiger partial charge in [0, 0.05) is 55.7 Å². The largest absolute Gasteiger partial charge is 0.343 e. The Bertz CT molecular complexity index is 917. The maximum absolute atomic E-state index is 11.8. The minimum atomic E-state index is -0.381. The van der Waals surface area contributed by atoms with Gasteiger partial charge in [-0.15, -0.1) is 11.3 Å². The molecular formula is C18H21N5OS. The lowest BCUT2D eigenvalue weighted by Gasteiger charge is -2.28. The molecule has 1 N–H and O–H groups in total. The van der Waals surface area contributed by atoms with Crippen LogP contribution in [0.2, 0.25) is 0 Å². The predicted octanol–water partition coefficient (Wildman–Crippen LogP) is 2.34. The number of likely N-dealkylation sites (tertiary alicyclic amines) is 1. The van der Waals surface area contributed by atoms with Gasteiger partial charge in [-0.05, 0) is 25.5 Å². The third-order valence-corrected chi connectivity index (χ3v) is 5.85. The van der Waals surface area contributed by atoms with Crippen molar-refractivity contribution in [1.82, 2.24) is 24.6 Å². The number of carbonyl (C=O) groups is 1. The molecule has 0 aromatic carbocycles. The number of amides is 1. The van der Waals surface area contributed by atoms with Gasteiger partial charge in [0.2, 0.25) is 5.91 Å². The van der Waals surface area contributed by atoms with Crippen LogP contribution in [0.1, 0.15) is 29.7 Å². The van der Waals surface area contributed by atoms with Crippen LogP contribution in [-0.4, -0.2) is 38.3 Å². The van der Waals surface area contributed by atoms with Crippen molar-refractivity contribution >= 4 is 22.9 Å². The Labute approximate surface area is 150 Å². The highest BCUT2D eigenvalue weighted by atomic mass is 32.1. The Morgan fingerprint density at radius 3 is 3.08 bits per heavy atom. The van der Waals surface area contributed by atoms with Crippen LogP contribution in [0.25, 0.3) is 5.65 Å². The molecule has 7 heteroatoms. The van der Waals surface area contributed by atoms with E-state index in [-0.39, 0.29) is 11.4 Å². The number of thiazole rings is 1. The first kappa shape index (κ1) is 16.2. The molecule has 0 spiro atoms. The molecule has 0 aliphatic carbocycles. The third kappa shape index (κ3) is 3.05. The van der Waals surface area contributed by atoms with Crippen molar-refractivity contribution in [3.63, 3.8) is 0 Å². The highest BCUT2D eigenvalue weighted by molar-refractivity contribution is 7.09. The summed E-state index contributed by atoms with van der Waals surface area (Å²) in [6.45, 7) is 6.08. The number of hydrogen-bond acceptors (Lipinski definition) is 5. The molecule has 4 rings (SSSR count). The second-order valence-electron chi connectivity index (χ2n) is 6.69. The topological polar surface area (TPSA) is 62.5 Å². The molecule has 4 heterocycles. The predicted molar refractivity (Wildman–Crippen MR) is 97.4 cm³/mol. The summed E-state index contributed by atoms with van der Waals surface area (Å²) >= 11 is 1.63. The van der Waals surface area contributed by atoms with Crippen LogP contribution in [0.5, 0.6) is 0 Å². The van der Waals surface area contributed by atoms with E-state index in [2.05, 4.69) is 30.7 Å². The number of hydrogen-bond donors (Lipinski definition) is 1. The minimum Gasteiger partial charge on any atom is -0.343 e. The van der Waals surface area contributed by atoms with E-state index >= 15 is 0 Å². The van der Waals surface area contributed by atoms with Crippen LogP contribution in [0.15, 0.2) is 36.0 Å². The van der Waals surface area contributed by atoms with E-state index in [1.165, 1.54) is 5.69 Å². The van der Waals surface area contributed by atoms with E-state index in [1.54, 1.807) is 18.3 Å². The average molecular weight is 355 g/mol. The lowest BCUT2D eigenvalue weighted by Crippen LogP contribution is -2.47. The highest BCUT2D eigenvalue weighted by Crippen LogP contribution is 2.34. The quantitative estimate of drug-likeness (QED) is 0.780. The van der Waals surface area contributed by atoms with Crippen LogP contribution in [0.3, 0.4) is 0 Å². The second kappa shape index (κ2) is 6.24. The van der Waals surface area contributed by atoms with Gasteiger partial charge in [0.15, 0.2) is 0 Å². The number of aryl methyl sites for hydroxylation is 1. The number of nitrogens with zero attached hydrogens (tertiary/aromatic N) is 4. The van der Waals surface area contributed by atoms with E-state index in [1.807, 2.05) is 36.8 Å². The number of rotatable bonds is 4. The van der Waals surface area contributed by atoms with E-state index in [4.69, 9.17) is 0 Å². The Morgan fingerprint density at radius 1 is 1.44 bits per heavy atom. The second-order valence-corrected chi connectivity index (χ2v) is 7.55. The summed E-state index contributed by atoms with van der Waals surface area (Å²) in [5, 5.41) is 6.23. The molecule has 0 bridgehead atoms. The number of fused-ring (bicyclic) bond motifs is 1. The van der Waals surface area contributed by atoms with Crippen LogP contribution in [-0.2, 0) is 16.9 Å². The smallest absolute Gasteiger partial charge is 0.217 e. The Balaban J connectivity index is 1.59. The van der Waals surface area contributed by atoms with Crippen molar-refractivity contribution in [2.75, 3.05) is 13.1 Å². The fourth-order valence-electron chi connectivity index (χ4n) is 3.63. The Hall–Kier alpha value is -2.25. The standard InChI is InChI=1S/C18H21N5OS/c1-13-11-25-17(20-13)18(21-14(2)24)6-8-22(12-18)10-15-4-3-5-16-19-7-9-23(15)16/h3-5,7,9,11H,6,8,10,12H2,1-2H3,(H,21,24). The summed E-state index contributed by atoms with van der Waals surface area (Å²) in [6, 6.07) is 6.17. The molecule has 25 heavy (non-hydrogen) atoms. The summed E-state index contributed by atoms with van der Waals surface area (Å²) in [4.78, 5) is 23.2. The summed E-state index contributed by atoms with van der Waals surface area (Å²) in [5.41, 5.74) is 2.78. The van der Waals surface area contributed by atoms with Crippen LogP contribution in [0.4, 0.5) is 0 Å². The number of aromatic nitrogens is 3. The molecule has 1 atom stereocenters. The maximum Gasteiger partial charge on any atom is 0.217 e. The number of imidazole rings is 1. The van der Waals surface area contributed by atoms with Crippen LogP contribution < -0.4 is 5.32 Å². The fourth-order valence-corrected chi connectivity index (χ4v) is 4.60. The molecule has 1 unspecified atom stereocenters. The van der Waals surface area contributed by atoms with E-state index in [0.29, 0.717) is 0 Å². The summed E-state index contributed by atoms with van der Waals surface area (Å²) < 4.78 is 2.12. The van der Waals surface area contributed by atoms with Crippen LogP contribution >= 0.6 is 11.3 Å². The number of pyridine rings is 1. The molecule has 3 aromatic rings. The molecule has 3 aromatic heterocycles. The van der Waals surface area contributed by atoms with E-state index in [0.717, 1.165) is 42.4 Å². The first-order valence-corrected chi connectivity index (χ1v) is 9.28. The van der Waals surface area contributed by atoms with Crippen molar-refractivity contribution < 1.29 is 4.79 Å². The van der Waals surface area contributed by atoms with Gasteiger partial charge in [0.05, 0.1) is 0 Å². The summed E-state index contributed by atoms with van der Waals surface area (Å²) in [6.07, 6.45) is 4.69. The zero-order valence-electron chi connectivity index (χ0n) is 14.4. The molecule has 1 fully saturated rings. The molecule has 130 valence electrons. The van der Waals surface area contributed by atoms with Crippen LogP contribution in [0, 0.1) is 6.92 Å². The SMILES string of the molecule is CC(=O)NC1(c2nc(C)cs2)CCN(Cc2cccc3nccn23)C1. The van der Waals surface area contributed by atoms with Crippen molar-refractivity contribution in [3.8, 4) is 0 Å². The normalized spacial score (nSPS) is 21.0. The molecule has 0 radical (unpaired) electrons. The monoisotopic (exact) mass is 355 g/mol. The zero-order chi connectivity index (χ0) is 17.4. The van der Waals surface area contributed by atoms with E-state index < -0.39 is 0 Å². The average Bonchev–Trinajstić information content (AvgIpc) is 3.27. The number of carbonyl (C=O) groups excluding carboxylic acids is 1. The summed E-state index contributed by atoms with van der Waals surface area (Å²) in [5.74, 6) is -0.00795. The van der Waals surface area contributed by atoms with Gasteiger partial charge in [-0.1, -0.05) is 6.07 Å². The Kier molecular flexibility index (Phi) is 4.05. The van der Waals surface area contributed by atoms with Crippen molar-refractivity contribution in [2.45, 2.75) is 32.4 Å². The fraction of sp³-hybridized carbons (Fsp3) is 0.389. The highest BCUT2D eigenvalue weighted by Gasteiger charge is 2.42. The molecular weight excluding hydrogens is 334 g/mol. The van der Waals surface area contributed by atoms with Gasteiger partial charge in [0.1, 0.15) is 16.2 Å². The van der Waals surface area contributed by atoms with Gasteiger partial charge in [0.25, 0.3) is 0 Å². The van der Waals surface area contributed by atoms with Gasteiger partial charge < -0.3 is 9.72 Å². The molecule has 1 amide bonds. The van der Waals surface area contributed by atoms with Crippen molar-refractivity contribution in [2.24, 2.45) is 0 Å². The van der Waals surface area contributed by atoms with Crippen molar-refractivity contribution in [1.29, 1.82) is 0 Å². The molecule has 6 nitrogen and oxygen atoms in total. The van der Waals surface area contributed by atoms with Gasteiger partial charge in [-0.3, -0.25) is 9.69 Å². The minimum absolute atomic E-state index is 0.00795. The lowest BCUT2D eigenvalue weighted by atomic mass is 9.99. The maximum atomic E-state index is 11.8. The van der Waals surface area contributed by atoms with Gasteiger partial charge >= 0.3 is 0 Å². The Morgan fingerprint density at radius 2 is 2.32 bits per heavy atom. The van der Waals surface area contributed by atoms with Crippen molar-refractivity contribution in [3.05, 3.63) is 52.4 Å². The zero-order valence-corrected chi connectivity index (χ0v) is 15.2. The first-order chi connectivity index (χ1) is 12.1. The summed E-state index contributed by atoms with van der Waals surface area (Å²) in [7, 11) is 0. The van der Waals surface area contributed by atoms with E-state index in [9.17, 15) is 4.79 Å². The van der Waals surface area contributed by atoms with Gasteiger partial charge in [-0.2, -0.15) is 0 Å². The lowest BCUT2D eigenvalue weighted by molar-refractivity contribution is -0.120. The molecule has 1 aliphatic rings. The molecule has 0 saturated carbocycles. The molecule has 1 saturated heterocycles. The molecule has 1 aliphatic heterocycles. The number of nitrogens with one attached hydrogen (secondary N) is 1. The third-order valence-electron chi connectivity index (χ3n) is 4.69. The van der Waals surface area contributed by atoms with Gasteiger partial charge in [-0.25, -0.2) is 9.97 Å².